The summed E-state index contributed by atoms with van der Waals surface area (Å²) in [4.78, 5) is 16.8. The van der Waals surface area contributed by atoms with Crippen LogP contribution < -0.4 is 5.73 Å². The van der Waals surface area contributed by atoms with Crippen molar-refractivity contribution >= 4 is 39.9 Å². The number of carbonyl (C=O) groups is 1. The quantitative estimate of drug-likeness (QED) is 0.758. The van der Waals surface area contributed by atoms with E-state index in [2.05, 4.69) is 9.97 Å². The second-order valence-corrected chi connectivity index (χ2v) is 2.23. The predicted octanol–water partition coefficient (Wildman–Crippen LogP) is 0.520. The molecule has 1 aromatic heterocycles. The molecular formula is C6H11Br2N3O2. The summed E-state index contributed by atoms with van der Waals surface area (Å²) in [5.41, 5.74) is 6.00. The van der Waals surface area contributed by atoms with Crippen molar-refractivity contribution in [3.05, 3.63) is 18.2 Å². The Kier molecular flexibility index (Phi) is 8.18. The van der Waals surface area contributed by atoms with Gasteiger partial charge in [-0.15, -0.1) is 34.0 Å². The van der Waals surface area contributed by atoms with Crippen LogP contribution >= 0.6 is 34.0 Å². The predicted molar refractivity (Wildman–Crippen MR) is 58.5 cm³/mol. The summed E-state index contributed by atoms with van der Waals surface area (Å²) in [5, 5.41) is 8.42. The molecule has 1 heterocycles. The van der Waals surface area contributed by atoms with E-state index in [1.165, 1.54) is 6.33 Å². The maximum Gasteiger partial charge on any atom is 0.320 e. The molecule has 0 fully saturated rings. The highest BCUT2D eigenvalue weighted by molar-refractivity contribution is 8.93. The molecule has 13 heavy (non-hydrogen) atoms. The molecule has 1 rings (SSSR count). The van der Waals surface area contributed by atoms with Crippen molar-refractivity contribution in [3.63, 3.8) is 0 Å². The fourth-order valence-corrected chi connectivity index (χ4v) is 0.721. The van der Waals surface area contributed by atoms with Crippen LogP contribution in [0.5, 0.6) is 0 Å². The number of nitrogens with two attached hydrogens (primary N) is 1. The van der Waals surface area contributed by atoms with Crippen LogP contribution in [0.1, 0.15) is 5.69 Å². The molecule has 1 atom stereocenters. The third kappa shape index (κ3) is 5.02. The number of imidazole rings is 1. The minimum absolute atomic E-state index is 0. The van der Waals surface area contributed by atoms with Gasteiger partial charge in [0.2, 0.25) is 0 Å². The highest BCUT2D eigenvalue weighted by atomic mass is 79.9. The van der Waals surface area contributed by atoms with E-state index in [4.69, 9.17) is 10.8 Å². The van der Waals surface area contributed by atoms with E-state index in [0.29, 0.717) is 0 Å². The molecule has 0 aliphatic heterocycles. The molecule has 7 heteroatoms. The Labute approximate surface area is 96.3 Å². The molecule has 0 spiro atoms. The smallest absolute Gasteiger partial charge is 0.320 e. The molecule has 0 unspecified atom stereocenters. The minimum Gasteiger partial charge on any atom is -0.480 e. The number of nitrogens with zero attached hydrogens (tertiary/aromatic N) is 1. The van der Waals surface area contributed by atoms with Crippen LogP contribution in [0.15, 0.2) is 12.5 Å². The molecule has 1 aromatic rings. The standard InChI is InChI=1S/C6H9N3O2.2BrH/c7-5(6(10)11)1-4-2-8-3-9-4;;/h2-3,5H,1,7H2,(H,8,9)(H,10,11);2*1H/t5-;;/m0../s1. The summed E-state index contributed by atoms with van der Waals surface area (Å²) in [5.74, 6) is -1.00. The lowest BCUT2D eigenvalue weighted by Gasteiger charge is -2.02. The topological polar surface area (TPSA) is 92.0 Å². The third-order valence-electron chi connectivity index (χ3n) is 1.31. The molecule has 4 N–H and O–H groups in total. The number of nitrogens with one attached hydrogen (secondary N) is 1. The van der Waals surface area contributed by atoms with Crippen LogP contribution in [-0.4, -0.2) is 27.1 Å². The van der Waals surface area contributed by atoms with Crippen molar-refractivity contribution in [2.75, 3.05) is 0 Å². The molecule has 0 aromatic carbocycles. The van der Waals surface area contributed by atoms with Gasteiger partial charge in [0.15, 0.2) is 0 Å². The number of aliphatic carboxylic acids is 1. The number of carboxylic acids is 1. The Morgan fingerprint density at radius 3 is 2.69 bits per heavy atom. The van der Waals surface area contributed by atoms with Gasteiger partial charge in [0.25, 0.3) is 0 Å². The summed E-state index contributed by atoms with van der Waals surface area (Å²) in [6.45, 7) is 0. The van der Waals surface area contributed by atoms with Gasteiger partial charge in [-0.1, -0.05) is 0 Å². The lowest BCUT2D eigenvalue weighted by molar-refractivity contribution is -0.138. The van der Waals surface area contributed by atoms with Crippen molar-refractivity contribution < 1.29 is 9.90 Å². The summed E-state index contributed by atoms with van der Waals surface area (Å²) < 4.78 is 0. The molecular weight excluding hydrogens is 306 g/mol. The van der Waals surface area contributed by atoms with Gasteiger partial charge in [-0.25, -0.2) is 4.98 Å². The molecule has 0 aliphatic carbocycles. The molecule has 0 radical (unpaired) electrons. The first-order valence-electron chi connectivity index (χ1n) is 3.16. The highest BCUT2D eigenvalue weighted by Gasteiger charge is 2.11. The van der Waals surface area contributed by atoms with Crippen LogP contribution in [-0.2, 0) is 11.2 Å². The Bertz CT molecular complexity index is 240. The van der Waals surface area contributed by atoms with Crippen LogP contribution in [0.3, 0.4) is 0 Å². The number of hydrogen-bond donors (Lipinski definition) is 3. The summed E-state index contributed by atoms with van der Waals surface area (Å²) >= 11 is 0. The van der Waals surface area contributed by atoms with E-state index in [0.717, 1.165) is 5.69 Å². The van der Waals surface area contributed by atoms with Crippen molar-refractivity contribution in [3.8, 4) is 0 Å². The normalized spacial score (nSPS) is 10.8. The number of halogens is 2. The lowest BCUT2D eigenvalue weighted by atomic mass is 10.2. The average Bonchev–Trinajstić information content (AvgIpc) is 2.39. The average molecular weight is 317 g/mol. The second kappa shape index (κ2) is 7.05. The fourth-order valence-electron chi connectivity index (χ4n) is 0.721. The first-order chi connectivity index (χ1) is 5.20. The van der Waals surface area contributed by atoms with E-state index >= 15 is 0 Å². The van der Waals surface area contributed by atoms with Crippen molar-refractivity contribution in [2.24, 2.45) is 5.73 Å². The Hall–Kier alpha value is -0.400. The number of aromatic amines is 1. The number of rotatable bonds is 3. The second-order valence-electron chi connectivity index (χ2n) is 2.23. The SMILES string of the molecule is Br.Br.N[C@@H](Cc1cnc[nH]1)C(=O)O. The zero-order valence-electron chi connectivity index (χ0n) is 6.64. The minimum atomic E-state index is -1.00. The van der Waals surface area contributed by atoms with Gasteiger partial charge in [-0.2, -0.15) is 0 Å². The number of hydrogen-bond acceptors (Lipinski definition) is 3. The van der Waals surface area contributed by atoms with Gasteiger partial charge >= 0.3 is 5.97 Å². The molecule has 0 saturated heterocycles. The van der Waals surface area contributed by atoms with Crippen molar-refractivity contribution in [1.29, 1.82) is 0 Å². The zero-order valence-corrected chi connectivity index (χ0v) is 10.1. The first-order valence-corrected chi connectivity index (χ1v) is 3.16. The zero-order chi connectivity index (χ0) is 8.27. The summed E-state index contributed by atoms with van der Waals surface area (Å²) in [7, 11) is 0. The van der Waals surface area contributed by atoms with Crippen LogP contribution in [0.2, 0.25) is 0 Å². The number of carboxylic acid groups (broad SMARTS) is 1. The first kappa shape index (κ1) is 15.1. The maximum atomic E-state index is 10.3. The molecule has 5 nitrogen and oxygen atoms in total. The van der Waals surface area contributed by atoms with Crippen molar-refractivity contribution in [2.45, 2.75) is 12.5 Å². The van der Waals surface area contributed by atoms with Gasteiger partial charge in [0.1, 0.15) is 6.04 Å². The summed E-state index contributed by atoms with van der Waals surface area (Å²) in [6, 6.07) is -0.851. The number of aromatic nitrogens is 2. The highest BCUT2D eigenvalue weighted by Crippen LogP contribution is 1.95. The van der Waals surface area contributed by atoms with Gasteiger partial charge in [-0.05, 0) is 0 Å². The van der Waals surface area contributed by atoms with Crippen LogP contribution in [0.25, 0.3) is 0 Å². The van der Waals surface area contributed by atoms with Gasteiger partial charge in [-0.3, -0.25) is 4.79 Å². The molecule has 0 saturated carbocycles. The van der Waals surface area contributed by atoms with E-state index in [-0.39, 0.29) is 40.4 Å². The molecule has 0 bridgehead atoms. The Morgan fingerprint density at radius 1 is 1.69 bits per heavy atom. The number of H-pyrrole nitrogens is 1. The van der Waals surface area contributed by atoms with Gasteiger partial charge in [0.05, 0.1) is 6.33 Å². The van der Waals surface area contributed by atoms with Crippen molar-refractivity contribution in [1.82, 2.24) is 9.97 Å². The lowest BCUT2D eigenvalue weighted by Crippen LogP contribution is -2.32. The van der Waals surface area contributed by atoms with Crippen LogP contribution in [0, 0.1) is 0 Å². The van der Waals surface area contributed by atoms with E-state index in [1.54, 1.807) is 6.20 Å². The van der Waals surface area contributed by atoms with E-state index in [1.807, 2.05) is 0 Å². The molecule has 0 amide bonds. The van der Waals surface area contributed by atoms with Crippen LogP contribution in [0.4, 0.5) is 0 Å². The Morgan fingerprint density at radius 2 is 2.31 bits per heavy atom. The monoisotopic (exact) mass is 315 g/mol. The Balaban J connectivity index is 0. The largest absolute Gasteiger partial charge is 0.480 e. The maximum absolute atomic E-state index is 10.3. The van der Waals surface area contributed by atoms with Gasteiger partial charge in [0, 0.05) is 18.3 Å². The third-order valence-corrected chi connectivity index (χ3v) is 1.31. The fraction of sp³-hybridized carbons (Fsp3) is 0.333. The van der Waals surface area contributed by atoms with Gasteiger partial charge < -0.3 is 15.8 Å². The molecule has 76 valence electrons. The van der Waals surface area contributed by atoms with E-state index in [9.17, 15) is 4.79 Å². The summed E-state index contributed by atoms with van der Waals surface area (Å²) in [6.07, 6.45) is 3.34. The molecule has 0 aliphatic rings. The van der Waals surface area contributed by atoms with E-state index < -0.39 is 12.0 Å².